The first-order valence-electron chi connectivity index (χ1n) is 17.3. The van der Waals surface area contributed by atoms with E-state index in [4.69, 9.17) is 9.47 Å². The summed E-state index contributed by atoms with van der Waals surface area (Å²) in [6.45, 7) is 16.3. The zero-order valence-corrected chi connectivity index (χ0v) is 30.8. The highest BCUT2D eigenvalue weighted by Crippen LogP contribution is 2.29. The van der Waals surface area contributed by atoms with Crippen LogP contribution in [0.25, 0.3) is 0 Å². The highest BCUT2D eigenvalue weighted by atomic mass is 16.5. The standard InChI is InChI=1S/C37H62N4O6/c1-12-25(4)33(40(9)31(42)21-24(2)3)30(46-10)23-32(43)41-20-16-19-29(41)34(47-11)26(5)35(44)38-28(36(45)39-37(6,7)8)22-27-17-14-13-15-18-27/h13-15,17-18,24-26,28-30,33-34H,12,16,19-23H2,1-11H3,(H,38,44)(H,39,45). The second-order valence-electron chi connectivity index (χ2n) is 14.7. The predicted molar refractivity (Wildman–Crippen MR) is 186 cm³/mol. The van der Waals surface area contributed by atoms with Gasteiger partial charge < -0.3 is 29.9 Å². The first-order chi connectivity index (χ1) is 22.0. The Labute approximate surface area is 283 Å². The van der Waals surface area contributed by atoms with Crippen LogP contribution in [0.4, 0.5) is 0 Å². The van der Waals surface area contributed by atoms with E-state index >= 15 is 0 Å². The Hall–Kier alpha value is -2.98. The molecule has 0 saturated carbocycles. The third-order valence-corrected chi connectivity index (χ3v) is 9.30. The molecular formula is C37H62N4O6. The Morgan fingerprint density at radius 3 is 2.15 bits per heavy atom. The highest BCUT2D eigenvalue weighted by molar-refractivity contribution is 5.89. The van der Waals surface area contributed by atoms with Gasteiger partial charge in [-0.25, -0.2) is 0 Å². The Balaban J connectivity index is 2.24. The summed E-state index contributed by atoms with van der Waals surface area (Å²) in [6.07, 6.45) is 2.14. The largest absolute Gasteiger partial charge is 0.379 e. The van der Waals surface area contributed by atoms with Crippen molar-refractivity contribution in [3.05, 3.63) is 35.9 Å². The monoisotopic (exact) mass is 658 g/mol. The molecule has 4 amide bonds. The molecule has 2 rings (SSSR count). The summed E-state index contributed by atoms with van der Waals surface area (Å²) in [6, 6.07) is 8.25. The van der Waals surface area contributed by atoms with Crippen molar-refractivity contribution >= 4 is 23.6 Å². The Bertz CT molecular complexity index is 1150. The highest BCUT2D eigenvalue weighted by Gasteiger charge is 2.42. The first kappa shape index (κ1) is 40.2. The van der Waals surface area contributed by atoms with E-state index in [-0.39, 0.29) is 54.0 Å². The molecule has 0 bridgehead atoms. The van der Waals surface area contributed by atoms with Gasteiger partial charge in [-0.15, -0.1) is 0 Å². The van der Waals surface area contributed by atoms with Gasteiger partial charge >= 0.3 is 0 Å². The van der Waals surface area contributed by atoms with E-state index in [1.165, 1.54) is 0 Å². The number of benzene rings is 1. The molecule has 7 atom stereocenters. The maximum atomic E-state index is 14.0. The van der Waals surface area contributed by atoms with Gasteiger partial charge in [0.05, 0.1) is 36.6 Å². The number of likely N-dealkylation sites (tertiary alicyclic amines) is 1. The topological polar surface area (TPSA) is 117 Å². The van der Waals surface area contributed by atoms with Crippen LogP contribution in [0.15, 0.2) is 30.3 Å². The van der Waals surface area contributed by atoms with Crippen LogP contribution < -0.4 is 10.6 Å². The maximum absolute atomic E-state index is 14.0. The summed E-state index contributed by atoms with van der Waals surface area (Å²) in [4.78, 5) is 57.7. The van der Waals surface area contributed by atoms with Gasteiger partial charge in [0.2, 0.25) is 23.6 Å². The van der Waals surface area contributed by atoms with Crippen LogP contribution >= 0.6 is 0 Å². The van der Waals surface area contributed by atoms with Gasteiger partial charge in [0, 0.05) is 46.2 Å². The average Bonchev–Trinajstić information content (AvgIpc) is 3.49. The van der Waals surface area contributed by atoms with Crippen LogP contribution in [0.5, 0.6) is 0 Å². The molecule has 0 aliphatic carbocycles. The molecule has 1 aromatic carbocycles. The van der Waals surface area contributed by atoms with Crippen LogP contribution in [0.1, 0.15) is 93.1 Å². The van der Waals surface area contributed by atoms with Crippen LogP contribution in [-0.4, -0.2) is 97.1 Å². The third-order valence-electron chi connectivity index (χ3n) is 9.30. The molecule has 1 aromatic rings. The van der Waals surface area contributed by atoms with Gasteiger partial charge in [-0.3, -0.25) is 19.2 Å². The first-order valence-corrected chi connectivity index (χ1v) is 17.3. The van der Waals surface area contributed by atoms with Crippen molar-refractivity contribution in [2.24, 2.45) is 17.8 Å². The van der Waals surface area contributed by atoms with E-state index < -0.39 is 29.7 Å². The fourth-order valence-corrected chi connectivity index (χ4v) is 6.64. The van der Waals surface area contributed by atoms with Crippen LogP contribution in [0.3, 0.4) is 0 Å². The lowest BCUT2D eigenvalue weighted by atomic mass is 9.90. The van der Waals surface area contributed by atoms with Crippen molar-refractivity contribution < 1.29 is 28.7 Å². The number of ether oxygens (including phenoxy) is 2. The molecule has 10 nitrogen and oxygen atoms in total. The second-order valence-corrected chi connectivity index (χ2v) is 14.7. The number of carbonyl (C=O) groups excluding carboxylic acids is 4. The van der Waals surface area contributed by atoms with E-state index in [9.17, 15) is 19.2 Å². The molecule has 266 valence electrons. The van der Waals surface area contributed by atoms with E-state index in [0.29, 0.717) is 25.8 Å². The van der Waals surface area contributed by atoms with Gasteiger partial charge in [-0.1, -0.05) is 71.4 Å². The molecule has 10 heteroatoms. The van der Waals surface area contributed by atoms with Gasteiger partial charge in [0.15, 0.2) is 0 Å². The van der Waals surface area contributed by atoms with Crippen molar-refractivity contribution in [2.45, 2.75) is 130 Å². The van der Waals surface area contributed by atoms with Gasteiger partial charge in [-0.2, -0.15) is 0 Å². The van der Waals surface area contributed by atoms with Gasteiger partial charge in [0.25, 0.3) is 0 Å². The van der Waals surface area contributed by atoms with Gasteiger partial charge in [-0.05, 0) is 51.0 Å². The molecule has 1 saturated heterocycles. The van der Waals surface area contributed by atoms with Crippen LogP contribution in [-0.2, 0) is 35.1 Å². The summed E-state index contributed by atoms with van der Waals surface area (Å²) < 4.78 is 11.9. The number of likely N-dealkylation sites (N-methyl/N-ethyl adjacent to an activating group) is 1. The number of methoxy groups -OCH3 is 2. The molecule has 47 heavy (non-hydrogen) atoms. The quantitative estimate of drug-likeness (QED) is 0.253. The van der Waals surface area contributed by atoms with E-state index in [1.807, 2.05) is 76.9 Å². The molecule has 1 fully saturated rings. The van der Waals surface area contributed by atoms with Crippen molar-refractivity contribution in [3.63, 3.8) is 0 Å². The number of amides is 4. The Morgan fingerprint density at radius 1 is 0.979 bits per heavy atom. The number of nitrogens with one attached hydrogen (secondary N) is 2. The fourth-order valence-electron chi connectivity index (χ4n) is 6.64. The molecular weight excluding hydrogens is 596 g/mol. The van der Waals surface area contributed by atoms with Crippen molar-refractivity contribution in [2.75, 3.05) is 27.8 Å². The molecule has 1 aliphatic heterocycles. The molecule has 1 aliphatic rings. The number of hydrogen-bond acceptors (Lipinski definition) is 6. The lowest BCUT2D eigenvalue weighted by Crippen LogP contribution is -2.56. The predicted octanol–water partition coefficient (Wildman–Crippen LogP) is 4.60. The summed E-state index contributed by atoms with van der Waals surface area (Å²) in [5, 5.41) is 5.99. The molecule has 0 radical (unpaired) electrons. The van der Waals surface area contributed by atoms with Gasteiger partial charge in [0.1, 0.15) is 6.04 Å². The SMILES string of the molecule is CCC(C)C(C(CC(=O)N1CCCC1C(OC)C(C)C(=O)NC(Cc1ccccc1)C(=O)NC(C)(C)C)OC)N(C)C(=O)CC(C)C. The third kappa shape index (κ3) is 11.9. The lowest BCUT2D eigenvalue weighted by molar-refractivity contribution is -0.146. The van der Waals surface area contributed by atoms with E-state index in [2.05, 4.69) is 24.5 Å². The molecule has 0 aromatic heterocycles. The maximum Gasteiger partial charge on any atom is 0.243 e. The number of carbonyl (C=O) groups is 4. The second kappa shape index (κ2) is 18.5. The molecule has 7 unspecified atom stereocenters. The summed E-state index contributed by atoms with van der Waals surface area (Å²) >= 11 is 0. The number of nitrogens with zero attached hydrogens (tertiary/aromatic N) is 2. The minimum absolute atomic E-state index is 0.0416. The van der Waals surface area contributed by atoms with Crippen molar-refractivity contribution in [1.29, 1.82) is 0 Å². The average molecular weight is 659 g/mol. The van der Waals surface area contributed by atoms with Crippen molar-refractivity contribution in [1.82, 2.24) is 20.4 Å². The zero-order chi connectivity index (χ0) is 35.5. The number of hydrogen-bond donors (Lipinski definition) is 2. The smallest absolute Gasteiger partial charge is 0.243 e. The summed E-state index contributed by atoms with van der Waals surface area (Å²) in [5.74, 6) is -0.895. The minimum atomic E-state index is -0.777. The Morgan fingerprint density at radius 2 is 1.62 bits per heavy atom. The zero-order valence-electron chi connectivity index (χ0n) is 30.8. The van der Waals surface area contributed by atoms with Crippen LogP contribution in [0, 0.1) is 17.8 Å². The minimum Gasteiger partial charge on any atom is -0.379 e. The number of rotatable bonds is 17. The van der Waals surface area contributed by atoms with E-state index in [0.717, 1.165) is 18.4 Å². The van der Waals surface area contributed by atoms with Crippen LogP contribution in [0.2, 0.25) is 0 Å². The summed E-state index contributed by atoms with van der Waals surface area (Å²) in [5.41, 5.74) is 0.470. The Kier molecular flexibility index (Phi) is 15.9. The molecule has 2 N–H and O–H groups in total. The molecule has 1 heterocycles. The van der Waals surface area contributed by atoms with E-state index in [1.54, 1.807) is 26.0 Å². The normalized spacial score (nSPS) is 19.0. The molecule has 0 spiro atoms. The van der Waals surface area contributed by atoms with Crippen molar-refractivity contribution in [3.8, 4) is 0 Å². The lowest BCUT2D eigenvalue weighted by Gasteiger charge is -2.39. The fraction of sp³-hybridized carbons (Fsp3) is 0.730. The summed E-state index contributed by atoms with van der Waals surface area (Å²) in [7, 11) is 4.97.